The highest BCUT2D eigenvalue weighted by Crippen LogP contribution is 2.32. The van der Waals surface area contributed by atoms with Gasteiger partial charge in [0, 0.05) is 30.6 Å². The number of carbonyl (C=O) groups is 3. The largest absolute Gasteiger partial charge is 0.494 e. The highest BCUT2D eigenvalue weighted by Gasteiger charge is 2.39. The molecule has 34 heavy (non-hydrogen) atoms. The molecule has 1 aliphatic rings. The summed E-state index contributed by atoms with van der Waals surface area (Å²) >= 11 is 0. The van der Waals surface area contributed by atoms with Crippen LogP contribution in [0.25, 0.3) is 5.57 Å². The second-order valence-electron chi connectivity index (χ2n) is 7.61. The van der Waals surface area contributed by atoms with Crippen LogP contribution >= 0.6 is 0 Å². The van der Waals surface area contributed by atoms with Gasteiger partial charge in [0.2, 0.25) is 5.91 Å². The molecule has 2 N–H and O–H groups in total. The Hall–Kier alpha value is -4.46. The van der Waals surface area contributed by atoms with E-state index in [0.29, 0.717) is 35.0 Å². The molecule has 0 radical (unpaired) electrons. The summed E-state index contributed by atoms with van der Waals surface area (Å²) in [5.74, 6) is -0.418. The van der Waals surface area contributed by atoms with Crippen molar-refractivity contribution in [2.45, 2.75) is 20.4 Å². The van der Waals surface area contributed by atoms with Crippen LogP contribution in [0.1, 0.15) is 25.1 Å². The second kappa shape index (κ2) is 9.99. The summed E-state index contributed by atoms with van der Waals surface area (Å²) < 4.78 is 5.55. The van der Waals surface area contributed by atoms with Gasteiger partial charge in [-0.2, -0.15) is 0 Å². The Morgan fingerprint density at radius 3 is 2.44 bits per heavy atom. The van der Waals surface area contributed by atoms with Gasteiger partial charge >= 0.3 is 0 Å². The molecule has 0 aliphatic carbocycles. The lowest BCUT2D eigenvalue weighted by Gasteiger charge is -2.15. The maximum atomic E-state index is 13.4. The zero-order valence-corrected chi connectivity index (χ0v) is 18.9. The average molecular weight is 457 g/mol. The van der Waals surface area contributed by atoms with Crippen LogP contribution in [0.5, 0.6) is 5.75 Å². The fraction of sp³-hybridized carbons (Fsp3) is 0.154. The zero-order valence-electron chi connectivity index (χ0n) is 18.9. The van der Waals surface area contributed by atoms with Crippen LogP contribution in [0, 0.1) is 0 Å². The van der Waals surface area contributed by atoms with Gasteiger partial charge in [0.25, 0.3) is 11.8 Å². The van der Waals surface area contributed by atoms with E-state index in [1.54, 1.807) is 60.8 Å². The molecule has 1 aromatic heterocycles. The number of ether oxygens (including phenoxy) is 1. The first-order valence-electron chi connectivity index (χ1n) is 10.8. The quantitative estimate of drug-likeness (QED) is 0.500. The van der Waals surface area contributed by atoms with E-state index in [1.807, 2.05) is 19.1 Å². The summed E-state index contributed by atoms with van der Waals surface area (Å²) in [6, 6.07) is 19.3. The minimum absolute atomic E-state index is 0.0517. The Balaban J connectivity index is 1.71. The number of aromatic nitrogens is 1. The molecule has 0 bridgehead atoms. The molecule has 0 saturated carbocycles. The minimum Gasteiger partial charge on any atom is -0.494 e. The highest BCUT2D eigenvalue weighted by atomic mass is 16.5. The molecule has 2 aromatic carbocycles. The first-order valence-corrected chi connectivity index (χ1v) is 10.8. The van der Waals surface area contributed by atoms with Crippen LogP contribution in [0.15, 0.2) is 78.6 Å². The number of imide groups is 1. The molecule has 0 unspecified atom stereocenters. The van der Waals surface area contributed by atoms with Crippen molar-refractivity contribution in [3.05, 3.63) is 89.9 Å². The summed E-state index contributed by atoms with van der Waals surface area (Å²) in [5, 5.41) is 5.83. The fourth-order valence-electron chi connectivity index (χ4n) is 3.66. The standard InChI is InChI=1S/C26H24N4O4/c1-3-34-22-9-6-8-20(15-22)29-24-23(18-10-12-19(13-11-18)28-17(2)31)25(32)30(26(24)33)16-21-7-4-5-14-27-21/h4-15,29H,3,16H2,1-2H3,(H,28,31). The number of carbonyl (C=O) groups excluding carboxylic acids is 3. The number of anilines is 2. The van der Waals surface area contributed by atoms with Gasteiger partial charge in [-0.05, 0) is 48.9 Å². The van der Waals surface area contributed by atoms with Crippen LogP contribution in [-0.2, 0) is 20.9 Å². The Labute approximate surface area is 197 Å². The summed E-state index contributed by atoms with van der Waals surface area (Å²) in [6.45, 7) is 3.87. The molecule has 0 saturated heterocycles. The van der Waals surface area contributed by atoms with Gasteiger partial charge in [-0.15, -0.1) is 0 Å². The van der Waals surface area contributed by atoms with E-state index in [4.69, 9.17) is 4.74 Å². The van der Waals surface area contributed by atoms with Gasteiger partial charge < -0.3 is 15.4 Å². The number of nitrogens with zero attached hydrogens (tertiary/aromatic N) is 2. The van der Waals surface area contributed by atoms with E-state index in [0.717, 1.165) is 0 Å². The van der Waals surface area contributed by atoms with Gasteiger partial charge in [-0.25, -0.2) is 0 Å². The summed E-state index contributed by atoms with van der Waals surface area (Å²) in [7, 11) is 0. The monoisotopic (exact) mass is 456 g/mol. The topological polar surface area (TPSA) is 101 Å². The van der Waals surface area contributed by atoms with Crippen molar-refractivity contribution < 1.29 is 19.1 Å². The Morgan fingerprint density at radius 1 is 0.971 bits per heavy atom. The Morgan fingerprint density at radius 2 is 1.76 bits per heavy atom. The number of amides is 3. The van der Waals surface area contributed by atoms with Crippen LogP contribution in [-0.4, -0.2) is 34.2 Å². The number of benzene rings is 2. The molecule has 3 amide bonds. The maximum absolute atomic E-state index is 13.4. The molecule has 4 rings (SSSR count). The summed E-state index contributed by atoms with van der Waals surface area (Å²) in [4.78, 5) is 43.6. The first kappa shape index (κ1) is 22.7. The lowest BCUT2D eigenvalue weighted by molar-refractivity contribution is -0.137. The second-order valence-corrected chi connectivity index (χ2v) is 7.61. The molecular weight excluding hydrogens is 432 g/mol. The molecule has 0 fully saturated rings. The minimum atomic E-state index is -0.446. The first-order chi connectivity index (χ1) is 16.5. The third-order valence-electron chi connectivity index (χ3n) is 5.12. The van der Waals surface area contributed by atoms with E-state index >= 15 is 0 Å². The van der Waals surface area contributed by atoms with E-state index in [-0.39, 0.29) is 23.7 Å². The van der Waals surface area contributed by atoms with Crippen molar-refractivity contribution in [3.8, 4) is 5.75 Å². The molecule has 8 heteroatoms. The van der Waals surface area contributed by atoms with Crippen molar-refractivity contribution in [1.82, 2.24) is 9.88 Å². The van der Waals surface area contributed by atoms with Crippen molar-refractivity contribution in [2.75, 3.05) is 17.2 Å². The van der Waals surface area contributed by atoms with Crippen molar-refractivity contribution in [2.24, 2.45) is 0 Å². The molecule has 172 valence electrons. The molecule has 1 aliphatic heterocycles. The van der Waals surface area contributed by atoms with Crippen LogP contribution in [0.2, 0.25) is 0 Å². The third-order valence-corrected chi connectivity index (χ3v) is 5.12. The van der Waals surface area contributed by atoms with Crippen LogP contribution in [0.4, 0.5) is 11.4 Å². The smallest absolute Gasteiger partial charge is 0.278 e. The Bertz CT molecular complexity index is 1250. The highest BCUT2D eigenvalue weighted by molar-refractivity contribution is 6.36. The van der Waals surface area contributed by atoms with E-state index in [9.17, 15) is 14.4 Å². The van der Waals surface area contributed by atoms with Gasteiger partial charge in [0.1, 0.15) is 11.4 Å². The maximum Gasteiger partial charge on any atom is 0.278 e. The van der Waals surface area contributed by atoms with E-state index in [2.05, 4.69) is 15.6 Å². The number of pyridine rings is 1. The van der Waals surface area contributed by atoms with Gasteiger partial charge in [-0.3, -0.25) is 24.3 Å². The van der Waals surface area contributed by atoms with E-state index in [1.165, 1.54) is 11.8 Å². The third kappa shape index (κ3) is 4.96. The number of nitrogens with one attached hydrogen (secondary N) is 2. The normalized spacial score (nSPS) is 13.3. The SMILES string of the molecule is CCOc1cccc(NC2=C(c3ccc(NC(C)=O)cc3)C(=O)N(Cc3ccccn3)C2=O)c1. The molecule has 0 spiro atoms. The van der Waals surface area contributed by atoms with Gasteiger partial charge in [0.05, 0.1) is 24.4 Å². The Kier molecular flexibility index (Phi) is 6.68. The summed E-state index contributed by atoms with van der Waals surface area (Å²) in [6.07, 6.45) is 1.62. The van der Waals surface area contributed by atoms with Crippen LogP contribution in [0.3, 0.4) is 0 Å². The molecule has 3 aromatic rings. The average Bonchev–Trinajstić information content (AvgIpc) is 3.05. The van der Waals surface area contributed by atoms with Crippen molar-refractivity contribution in [1.29, 1.82) is 0 Å². The number of hydrogen-bond acceptors (Lipinski definition) is 6. The van der Waals surface area contributed by atoms with Crippen molar-refractivity contribution in [3.63, 3.8) is 0 Å². The van der Waals surface area contributed by atoms with Gasteiger partial charge in [-0.1, -0.05) is 24.3 Å². The van der Waals surface area contributed by atoms with Crippen molar-refractivity contribution >= 4 is 34.7 Å². The predicted molar refractivity (Wildman–Crippen MR) is 129 cm³/mol. The molecule has 0 atom stereocenters. The molecule has 2 heterocycles. The fourth-order valence-corrected chi connectivity index (χ4v) is 3.66. The number of rotatable bonds is 8. The van der Waals surface area contributed by atoms with Gasteiger partial charge in [0.15, 0.2) is 0 Å². The molecule has 8 nitrogen and oxygen atoms in total. The molecular formula is C26H24N4O4. The lowest BCUT2D eigenvalue weighted by Crippen LogP contribution is -2.32. The number of hydrogen-bond donors (Lipinski definition) is 2. The summed E-state index contributed by atoms with van der Waals surface area (Å²) in [5.41, 5.74) is 2.79. The van der Waals surface area contributed by atoms with E-state index < -0.39 is 11.8 Å². The predicted octanol–water partition coefficient (Wildman–Crippen LogP) is 3.83. The zero-order chi connectivity index (χ0) is 24.1. The van der Waals surface area contributed by atoms with Crippen LogP contribution < -0.4 is 15.4 Å². The lowest BCUT2D eigenvalue weighted by atomic mass is 10.0.